The SMILES string of the molecule is CC1NC=CN1Cc1ccc(/C=C/C(=O)OCOC(=O)[C@@H](NC(=O)OC(C)(C)C)C(C)(C)C)cc1. The molecule has 0 fully saturated rings. The van der Waals surface area contributed by atoms with Crippen molar-refractivity contribution < 1.29 is 28.6 Å². The number of nitrogens with one attached hydrogen (secondary N) is 2. The van der Waals surface area contributed by atoms with Crippen LogP contribution in [-0.4, -0.2) is 47.5 Å². The highest BCUT2D eigenvalue weighted by molar-refractivity contribution is 5.87. The molecule has 1 aromatic carbocycles. The lowest BCUT2D eigenvalue weighted by Gasteiger charge is -2.30. The third kappa shape index (κ3) is 9.72. The van der Waals surface area contributed by atoms with Crippen LogP contribution in [0.5, 0.6) is 0 Å². The summed E-state index contributed by atoms with van der Waals surface area (Å²) in [4.78, 5) is 38.8. The van der Waals surface area contributed by atoms with Crippen LogP contribution in [-0.2, 0) is 30.3 Å². The van der Waals surface area contributed by atoms with E-state index in [0.717, 1.165) is 17.7 Å². The van der Waals surface area contributed by atoms with Crippen molar-refractivity contribution in [1.82, 2.24) is 15.5 Å². The Kier molecular flexibility index (Phi) is 9.33. The molecule has 1 unspecified atom stereocenters. The molecule has 35 heavy (non-hydrogen) atoms. The zero-order valence-electron chi connectivity index (χ0n) is 21.6. The Labute approximate surface area is 207 Å². The van der Waals surface area contributed by atoms with E-state index in [1.807, 2.05) is 36.7 Å². The maximum Gasteiger partial charge on any atom is 0.408 e. The average Bonchev–Trinajstić information content (AvgIpc) is 3.13. The van der Waals surface area contributed by atoms with E-state index in [4.69, 9.17) is 14.2 Å². The monoisotopic (exact) mass is 487 g/mol. The van der Waals surface area contributed by atoms with Gasteiger partial charge in [-0.1, -0.05) is 45.0 Å². The van der Waals surface area contributed by atoms with E-state index < -0.39 is 41.9 Å². The van der Waals surface area contributed by atoms with Crippen LogP contribution < -0.4 is 10.6 Å². The van der Waals surface area contributed by atoms with Gasteiger partial charge in [0.2, 0.25) is 6.79 Å². The van der Waals surface area contributed by atoms with E-state index in [2.05, 4.69) is 22.5 Å². The van der Waals surface area contributed by atoms with Crippen molar-refractivity contribution in [3.05, 3.63) is 53.9 Å². The van der Waals surface area contributed by atoms with Crippen LogP contribution in [0.25, 0.3) is 6.08 Å². The molecule has 0 radical (unpaired) electrons. The summed E-state index contributed by atoms with van der Waals surface area (Å²) >= 11 is 0. The average molecular weight is 488 g/mol. The molecule has 1 aliphatic heterocycles. The summed E-state index contributed by atoms with van der Waals surface area (Å²) < 4.78 is 15.3. The number of esters is 2. The van der Waals surface area contributed by atoms with Crippen molar-refractivity contribution in [1.29, 1.82) is 0 Å². The molecule has 0 bridgehead atoms. The van der Waals surface area contributed by atoms with Crippen LogP contribution in [0.4, 0.5) is 4.79 Å². The Morgan fingerprint density at radius 1 is 1.09 bits per heavy atom. The van der Waals surface area contributed by atoms with Crippen molar-refractivity contribution in [2.75, 3.05) is 6.79 Å². The zero-order valence-corrected chi connectivity index (χ0v) is 21.6. The summed E-state index contributed by atoms with van der Waals surface area (Å²) in [6, 6.07) is 6.83. The quantitative estimate of drug-likeness (QED) is 0.323. The number of alkyl carbamates (subject to hydrolysis) is 1. The number of nitrogens with zero attached hydrogens (tertiary/aromatic N) is 1. The predicted octanol–water partition coefficient (Wildman–Crippen LogP) is 3.91. The number of carbonyl (C=O) groups is 3. The fourth-order valence-corrected chi connectivity index (χ4v) is 3.13. The molecular formula is C26H37N3O6. The fourth-order valence-electron chi connectivity index (χ4n) is 3.13. The minimum Gasteiger partial charge on any atom is -0.444 e. The Bertz CT molecular complexity index is 941. The van der Waals surface area contributed by atoms with Gasteiger partial charge in [0.15, 0.2) is 0 Å². The fraction of sp³-hybridized carbons (Fsp3) is 0.500. The second-order valence-electron chi connectivity index (χ2n) is 10.4. The number of amides is 1. The van der Waals surface area contributed by atoms with Crippen LogP contribution in [0.2, 0.25) is 0 Å². The van der Waals surface area contributed by atoms with Gasteiger partial charge in [0.05, 0.1) is 6.17 Å². The van der Waals surface area contributed by atoms with Crippen LogP contribution >= 0.6 is 0 Å². The van der Waals surface area contributed by atoms with Gasteiger partial charge in [-0.2, -0.15) is 0 Å². The second kappa shape index (κ2) is 11.8. The number of ether oxygens (including phenoxy) is 3. The summed E-state index contributed by atoms with van der Waals surface area (Å²) in [7, 11) is 0. The summed E-state index contributed by atoms with van der Waals surface area (Å²) in [6.45, 7) is 12.8. The van der Waals surface area contributed by atoms with Gasteiger partial charge in [0, 0.05) is 25.0 Å². The van der Waals surface area contributed by atoms with E-state index in [9.17, 15) is 14.4 Å². The summed E-state index contributed by atoms with van der Waals surface area (Å²) in [5, 5.41) is 5.74. The van der Waals surface area contributed by atoms with Crippen LogP contribution in [0.15, 0.2) is 42.7 Å². The number of rotatable bonds is 8. The van der Waals surface area contributed by atoms with Crippen molar-refractivity contribution in [3.8, 4) is 0 Å². The third-order valence-electron chi connectivity index (χ3n) is 5.02. The predicted molar refractivity (Wildman–Crippen MR) is 132 cm³/mol. The maximum absolute atomic E-state index is 12.5. The molecule has 1 aromatic rings. The molecular weight excluding hydrogens is 450 g/mol. The van der Waals surface area contributed by atoms with Crippen molar-refractivity contribution >= 4 is 24.1 Å². The molecule has 2 rings (SSSR count). The molecule has 1 aliphatic rings. The Hall–Kier alpha value is -3.49. The highest BCUT2D eigenvalue weighted by atomic mass is 16.7. The minimum absolute atomic E-state index is 0.255. The lowest BCUT2D eigenvalue weighted by Crippen LogP contribution is -2.51. The first-order valence-corrected chi connectivity index (χ1v) is 11.5. The highest BCUT2D eigenvalue weighted by Crippen LogP contribution is 2.21. The molecule has 9 heteroatoms. The zero-order chi connectivity index (χ0) is 26.2. The molecule has 0 saturated carbocycles. The Morgan fingerprint density at radius 2 is 1.74 bits per heavy atom. The van der Waals surface area contributed by atoms with Gasteiger partial charge in [-0.25, -0.2) is 14.4 Å². The molecule has 0 aliphatic carbocycles. The number of benzene rings is 1. The molecule has 0 aromatic heterocycles. The van der Waals surface area contributed by atoms with Crippen LogP contribution in [0, 0.1) is 5.41 Å². The number of hydrogen-bond acceptors (Lipinski definition) is 8. The Balaban J connectivity index is 1.81. The first kappa shape index (κ1) is 27.8. The maximum atomic E-state index is 12.5. The van der Waals surface area contributed by atoms with Gasteiger partial charge >= 0.3 is 18.0 Å². The summed E-state index contributed by atoms with van der Waals surface area (Å²) in [6.07, 6.45) is 6.34. The van der Waals surface area contributed by atoms with Crippen LogP contribution in [0.1, 0.15) is 59.6 Å². The van der Waals surface area contributed by atoms with E-state index in [1.54, 1.807) is 47.6 Å². The molecule has 2 N–H and O–H groups in total. The molecule has 1 amide bonds. The molecule has 2 atom stereocenters. The highest BCUT2D eigenvalue weighted by Gasteiger charge is 2.35. The van der Waals surface area contributed by atoms with E-state index in [0.29, 0.717) is 0 Å². The van der Waals surface area contributed by atoms with Crippen molar-refractivity contribution in [3.63, 3.8) is 0 Å². The van der Waals surface area contributed by atoms with Crippen LogP contribution in [0.3, 0.4) is 0 Å². The molecule has 9 nitrogen and oxygen atoms in total. The number of hydrogen-bond donors (Lipinski definition) is 2. The van der Waals surface area contributed by atoms with Crippen molar-refractivity contribution in [2.24, 2.45) is 5.41 Å². The van der Waals surface area contributed by atoms with Gasteiger partial charge in [-0.15, -0.1) is 0 Å². The topological polar surface area (TPSA) is 106 Å². The second-order valence-corrected chi connectivity index (χ2v) is 10.4. The number of carbonyl (C=O) groups excluding carboxylic acids is 3. The molecule has 192 valence electrons. The standard InChI is InChI=1S/C26H37N3O6/c1-18-27-14-15-29(18)16-20-10-8-19(9-11-20)12-13-21(30)33-17-34-23(31)22(25(2,3)4)28-24(32)35-26(5,6)7/h8-15,18,22,27H,16-17H2,1-7H3,(H,28,32)/b13-12+/t18?,22-/m1/s1. The van der Waals surface area contributed by atoms with Gasteiger partial charge < -0.3 is 29.7 Å². The largest absolute Gasteiger partial charge is 0.444 e. The lowest BCUT2D eigenvalue weighted by atomic mass is 9.87. The first-order chi connectivity index (χ1) is 16.2. The van der Waals surface area contributed by atoms with E-state index >= 15 is 0 Å². The van der Waals surface area contributed by atoms with Crippen molar-refractivity contribution in [2.45, 2.75) is 72.8 Å². The molecule has 0 saturated heterocycles. The molecule has 0 spiro atoms. The summed E-state index contributed by atoms with van der Waals surface area (Å²) in [5.41, 5.74) is 0.620. The summed E-state index contributed by atoms with van der Waals surface area (Å²) in [5.74, 6) is -1.38. The van der Waals surface area contributed by atoms with E-state index in [-0.39, 0.29) is 6.17 Å². The molecule has 1 heterocycles. The van der Waals surface area contributed by atoms with Gasteiger partial charge in [-0.3, -0.25) is 0 Å². The van der Waals surface area contributed by atoms with Gasteiger partial charge in [0.1, 0.15) is 11.6 Å². The van der Waals surface area contributed by atoms with Gasteiger partial charge in [0.25, 0.3) is 0 Å². The van der Waals surface area contributed by atoms with Gasteiger partial charge in [-0.05, 0) is 50.3 Å². The smallest absolute Gasteiger partial charge is 0.408 e. The van der Waals surface area contributed by atoms with E-state index in [1.165, 1.54) is 6.08 Å². The Morgan fingerprint density at radius 3 is 2.29 bits per heavy atom. The minimum atomic E-state index is -0.986. The lowest BCUT2D eigenvalue weighted by molar-refractivity contribution is -0.167. The first-order valence-electron chi connectivity index (χ1n) is 11.5. The third-order valence-corrected chi connectivity index (χ3v) is 5.02. The normalized spacial score (nSPS) is 16.5.